The lowest BCUT2D eigenvalue weighted by molar-refractivity contribution is 0.639. The van der Waals surface area contributed by atoms with Gasteiger partial charge in [0.2, 0.25) is 0 Å². The van der Waals surface area contributed by atoms with E-state index in [1.54, 1.807) is 4.88 Å². The molecule has 21 heavy (non-hydrogen) atoms. The van der Waals surface area contributed by atoms with E-state index in [0.29, 0.717) is 0 Å². The second-order valence-corrected chi connectivity index (χ2v) is 7.47. The van der Waals surface area contributed by atoms with Gasteiger partial charge in [0.15, 0.2) is 0 Å². The molecule has 4 heteroatoms. The molecule has 1 aromatic carbocycles. The van der Waals surface area contributed by atoms with E-state index in [1.807, 2.05) is 29.5 Å². The second-order valence-electron chi connectivity index (χ2n) is 5.46. The van der Waals surface area contributed by atoms with Crippen LogP contribution in [0.1, 0.15) is 46.7 Å². The van der Waals surface area contributed by atoms with Crippen molar-refractivity contribution in [3.8, 4) is 0 Å². The average molecular weight is 340 g/mol. The first kappa shape index (κ1) is 15.4. The van der Waals surface area contributed by atoms with E-state index in [2.05, 4.69) is 18.3 Å². The van der Waals surface area contributed by atoms with Crippen molar-refractivity contribution in [2.45, 2.75) is 38.6 Å². The molecule has 1 aliphatic carbocycles. The summed E-state index contributed by atoms with van der Waals surface area (Å²) in [7, 11) is 0. The average Bonchev–Trinajstić information content (AvgIpc) is 2.91. The van der Waals surface area contributed by atoms with Crippen LogP contribution < -0.4 is 5.32 Å². The maximum atomic E-state index is 6.41. The van der Waals surface area contributed by atoms with Crippen LogP contribution in [-0.4, -0.2) is 6.54 Å². The predicted molar refractivity (Wildman–Crippen MR) is 92.9 cm³/mol. The summed E-state index contributed by atoms with van der Waals surface area (Å²) in [6.07, 6.45) is 5.07. The zero-order chi connectivity index (χ0) is 14.8. The zero-order valence-corrected chi connectivity index (χ0v) is 14.4. The molecule has 0 spiro atoms. The van der Waals surface area contributed by atoms with Crippen LogP contribution in [0, 0.1) is 0 Å². The van der Waals surface area contributed by atoms with Crippen LogP contribution >= 0.6 is 34.5 Å². The molecule has 1 aliphatic rings. The Morgan fingerprint density at radius 3 is 2.76 bits per heavy atom. The van der Waals surface area contributed by atoms with Crippen molar-refractivity contribution in [1.82, 2.24) is 5.32 Å². The number of benzene rings is 1. The maximum absolute atomic E-state index is 6.41. The van der Waals surface area contributed by atoms with Gasteiger partial charge >= 0.3 is 0 Å². The summed E-state index contributed by atoms with van der Waals surface area (Å²) in [6, 6.07) is 8.21. The van der Waals surface area contributed by atoms with Gasteiger partial charge in [-0.2, -0.15) is 0 Å². The van der Waals surface area contributed by atoms with Gasteiger partial charge in [0, 0.05) is 19.8 Å². The van der Waals surface area contributed by atoms with E-state index in [-0.39, 0.29) is 6.04 Å². The molecule has 1 aromatic heterocycles. The Morgan fingerprint density at radius 2 is 2.00 bits per heavy atom. The Bertz CT molecular complexity index is 612. The summed E-state index contributed by atoms with van der Waals surface area (Å²) in [5.74, 6) is 0. The van der Waals surface area contributed by atoms with Gasteiger partial charge in [-0.3, -0.25) is 0 Å². The largest absolute Gasteiger partial charge is 0.306 e. The number of rotatable bonds is 4. The molecule has 112 valence electrons. The summed E-state index contributed by atoms with van der Waals surface area (Å²) < 4.78 is 0. The van der Waals surface area contributed by atoms with Crippen molar-refractivity contribution in [2.24, 2.45) is 0 Å². The van der Waals surface area contributed by atoms with Crippen molar-refractivity contribution in [3.05, 3.63) is 55.2 Å². The minimum atomic E-state index is 0.136. The highest BCUT2D eigenvalue weighted by Crippen LogP contribution is 2.38. The molecule has 1 atom stereocenters. The number of nitrogens with one attached hydrogen (secondary N) is 1. The Balaban J connectivity index is 2.01. The van der Waals surface area contributed by atoms with Crippen molar-refractivity contribution in [3.63, 3.8) is 0 Å². The normalized spacial score (nSPS) is 15.8. The van der Waals surface area contributed by atoms with Gasteiger partial charge < -0.3 is 5.32 Å². The number of aryl methyl sites for hydroxylation is 2. The molecule has 0 amide bonds. The minimum absolute atomic E-state index is 0.136. The van der Waals surface area contributed by atoms with Gasteiger partial charge in [-0.05, 0) is 67.6 Å². The molecule has 0 bridgehead atoms. The third-order valence-corrected chi connectivity index (χ3v) is 5.86. The first-order chi connectivity index (χ1) is 10.2. The Kier molecular flexibility index (Phi) is 4.90. The smallest absolute Gasteiger partial charge is 0.0686 e. The zero-order valence-electron chi connectivity index (χ0n) is 12.1. The molecule has 1 N–H and O–H groups in total. The van der Waals surface area contributed by atoms with E-state index in [4.69, 9.17) is 23.2 Å². The molecule has 2 aromatic rings. The number of thiophene rings is 1. The number of halogens is 2. The number of hydrogen-bond donors (Lipinski definition) is 1. The molecule has 0 saturated heterocycles. The summed E-state index contributed by atoms with van der Waals surface area (Å²) in [6.45, 7) is 3.02. The first-order valence-electron chi connectivity index (χ1n) is 7.49. The number of fused-ring (bicyclic) bond motifs is 1. The van der Waals surface area contributed by atoms with E-state index in [1.165, 1.54) is 36.1 Å². The van der Waals surface area contributed by atoms with E-state index in [9.17, 15) is 0 Å². The fourth-order valence-corrected chi connectivity index (χ4v) is 4.72. The molecule has 0 fully saturated rings. The van der Waals surface area contributed by atoms with Crippen LogP contribution in [0.2, 0.25) is 10.0 Å². The lowest BCUT2D eigenvalue weighted by Gasteiger charge is -2.18. The van der Waals surface area contributed by atoms with Crippen molar-refractivity contribution < 1.29 is 0 Å². The van der Waals surface area contributed by atoms with E-state index >= 15 is 0 Å². The second kappa shape index (κ2) is 6.70. The van der Waals surface area contributed by atoms with Crippen molar-refractivity contribution in [2.75, 3.05) is 6.54 Å². The molecule has 1 unspecified atom stereocenters. The molecule has 0 saturated carbocycles. The SMILES string of the molecule is CCNC(c1cc2c(s1)CCCC2)c1cc(Cl)ccc1Cl. The summed E-state index contributed by atoms with van der Waals surface area (Å²) >= 11 is 14.5. The highest BCUT2D eigenvalue weighted by Gasteiger charge is 2.22. The standard InChI is InChI=1S/C17H19Cl2NS/c1-2-20-17(13-10-12(18)7-8-14(13)19)16-9-11-5-3-4-6-15(11)21-16/h7-10,17,20H,2-6H2,1H3. The van der Waals surface area contributed by atoms with E-state index < -0.39 is 0 Å². The Labute approximate surface area is 140 Å². The molecule has 0 aliphatic heterocycles. The molecule has 0 radical (unpaired) electrons. The highest BCUT2D eigenvalue weighted by molar-refractivity contribution is 7.12. The van der Waals surface area contributed by atoms with Crippen LogP contribution in [0.4, 0.5) is 0 Å². The van der Waals surface area contributed by atoms with Gasteiger partial charge in [-0.25, -0.2) is 0 Å². The predicted octanol–water partition coefficient (Wildman–Crippen LogP) is 5.63. The third-order valence-electron chi connectivity index (χ3n) is 3.98. The molecule has 1 heterocycles. The first-order valence-corrected chi connectivity index (χ1v) is 9.06. The monoisotopic (exact) mass is 339 g/mol. The van der Waals surface area contributed by atoms with Gasteiger partial charge in [-0.15, -0.1) is 11.3 Å². The number of hydrogen-bond acceptors (Lipinski definition) is 2. The quantitative estimate of drug-likeness (QED) is 0.760. The van der Waals surface area contributed by atoms with Crippen LogP contribution in [0.3, 0.4) is 0 Å². The van der Waals surface area contributed by atoms with E-state index in [0.717, 1.165) is 22.2 Å². The summed E-state index contributed by atoms with van der Waals surface area (Å²) in [4.78, 5) is 2.91. The molecule has 1 nitrogen and oxygen atoms in total. The minimum Gasteiger partial charge on any atom is -0.306 e. The lowest BCUT2D eigenvalue weighted by Crippen LogP contribution is -2.21. The third kappa shape index (κ3) is 3.29. The van der Waals surface area contributed by atoms with Gasteiger partial charge in [0.1, 0.15) is 0 Å². The molecule has 3 rings (SSSR count). The highest BCUT2D eigenvalue weighted by atomic mass is 35.5. The van der Waals surface area contributed by atoms with Crippen LogP contribution in [0.25, 0.3) is 0 Å². The molecular formula is C17H19Cl2NS. The van der Waals surface area contributed by atoms with Gasteiger partial charge in [0.25, 0.3) is 0 Å². The van der Waals surface area contributed by atoms with Gasteiger partial charge in [0.05, 0.1) is 6.04 Å². The van der Waals surface area contributed by atoms with Gasteiger partial charge in [-0.1, -0.05) is 30.1 Å². The van der Waals surface area contributed by atoms with Crippen molar-refractivity contribution >= 4 is 34.5 Å². The van der Waals surface area contributed by atoms with Crippen LogP contribution in [0.15, 0.2) is 24.3 Å². The summed E-state index contributed by atoms with van der Waals surface area (Å²) in [5, 5.41) is 5.07. The lowest BCUT2D eigenvalue weighted by atomic mass is 9.97. The summed E-state index contributed by atoms with van der Waals surface area (Å²) in [5.41, 5.74) is 2.60. The Hall–Kier alpha value is -0.540. The fraction of sp³-hybridized carbons (Fsp3) is 0.412. The van der Waals surface area contributed by atoms with Crippen molar-refractivity contribution in [1.29, 1.82) is 0 Å². The molecular weight excluding hydrogens is 321 g/mol. The van der Waals surface area contributed by atoms with Crippen LogP contribution in [-0.2, 0) is 12.8 Å². The fourth-order valence-electron chi connectivity index (χ4n) is 2.96. The topological polar surface area (TPSA) is 12.0 Å². The Morgan fingerprint density at radius 1 is 1.19 bits per heavy atom. The maximum Gasteiger partial charge on any atom is 0.0686 e. The van der Waals surface area contributed by atoms with Crippen LogP contribution in [0.5, 0.6) is 0 Å².